The van der Waals surface area contributed by atoms with Gasteiger partial charge >= 0.3 is 5.97 Å². The van der Waals surface area contributed by atoms with Gasteiger partial charge in [0, 0.05) is 0 Å². The number of halogens is 2. The first-order chi connectivity index (χ1) is 9.04. The Kier molecular flexibility index (Phi) is 3.85. The number of esters is 1. The first-order valence-corrected chi connectivity index (χ1v) is 6.19. The van der Waals surface area contributed by atoms with Gasteiger partial charge in [-0.05, 0) is 51.3 Å². The molecule has 0 heterocycles. The third-order valence-electron chi connectivity index (χ3n) is 2.67. The molecule has 0 amide bonds. The Morgan fingerprint density at radius 1 is 1.21 bits per heavy atom. The second-order valence-electron chi connectivity index (χ2n) is 3.82. The minimum absolute atomic E-state index is 0.0636. The summed E-state index contributed by atoms with van der Waals surface area (Å²) in [5.74, 6) is -1.01. The molecule has 5 heteroatoms. The number of rotatable bonds is 2. The molecule has 0 unspecified atom stereocenters. The average molecular weight is 325 g/mol. The molecule has 0 spiro atoms. The highest BCUT2D eigenvalue weighted by molar-refractivity contribution is 9.10. The van der Waals surface area contributed by atoms with E-state index in [1.54, 1.807) is 18.2 Å². The fourth-order valence-corrected chi connectivity index (χ4v) is 2.24. The summed E-state index contributed by atoms with van der Waals surface area (Å²) in [7, 11) is 1.26. The number of hydrogen-bond acceptors (Lipinski definition) is 3. The first-order valence-electron chi connectivity index (χ1n) is 5.40. The van der Waals surface area contributed by atoms with Gasteiger partial charge < -0.3 is 9.84 Å². The van der Waals surface area contributed by atoms with Crippen LogP contribution in [0.25, 0.3) is 11.1 Å². The van der Waals surface area contributed by atoms with Crippen LogP contribution in [0.1, 0.15) is 10.4 Å². The summed E-state index contributed by atoms with van der Waals surface area (Å²) in [6, 6.07) is 8.75. The summed E-state index contributed by atoms with van der Waals surface area (Å²) >= 11 is 3.16. The summed E-state index contributed by atoms with van der Waals surface area (Å²) in [5.41, 5.74) is 1.41. The van der Waals surface area contributed by atoms with Crippen LogP contribution in [-0.4, -0.2) is 18.2 Å². The van der Waals surface area contributed by atoms with Crippen molar-refractivity contribution < 1.29 is 19.0 Å². The van der Waals surface area contributed by atoms with E-state index < -0.39 is 5.97 Å². The van der Waals surface area contributed by atoms with Crippen LogP contribution in [0.2, 0.25) is 0 Å². The number of benzene rings is 2. The molecule has 0 fully saturated rings. The lowest BCUT2D eigenvalue weighted by Crippen LogP contribution is -2.05. The summed E-state index contributed by atoms with van der Waals surface area (Å²) in [5, 5.41) is 9.65. The molecule has 0 aliphatic rings. The highest BCUT2D eigenvalue weighted by Crippen LogP contribution is 2.35. The fourth-order valence-electron chi connectivity index (χ4n) is 1.74. The van der Waals surface area contributed by atoms with E-state index in [1.807, 2.05) is 0 Å². The van der Waals surface area contributed by atoms with Crippen molar-refractivity contribution in [2.24, 2.45) is 0 Å². The summed E-state index contributed by atoms with van der Waals surface area (Å²) in [6.45, 7) is 0. The molecule has 0 aliphatic carbocycles. The zero-order valence-electron chi connectivity index (χ0n) is 9.98. The Morgan fingerprint density at radius 2 is 1.84 bits per heavy atom. The predicted octanol–water partition coefficient (Wildman–Crippen LogP) is 3.75. The lowest BCUT2D eigenvalue weighted by molar-refractivity contribution is 0.0600. The number of ether oxygens (including phenoxy) is 1. The van der Waals surface area contributed by atoms with E-state index in [1.165, 1.54) is 25.3 Å². The van der Waals surface area contributed by atoms with E-state index in [4.69, 9.17) is 4.74 Å². The molecule has 98 valence electrons. The molecular formula is C14H10BrFO3. The van der Waals surface area contributed by atoms with Gasteiger partial charge in [0.2, 0.25) is 0 Å². The number of phenols is 1. The zero-order valence-corrected chi connectivity index (χ0v) is 11.6. The van der Waals surface area contributed by atoms with Gasteiger partial charge in [-0.15, -0.1) is 0 Å². The average Bonchev–Trinajstić information content (AvgIpc) is 2.42. The highest BCUT2D eigenvalue weighted by Gasteiger charge is 2.19. The van der Waals surface area contributed by atoms with Gasteiger partial charge in [0.15, 0.2) is 0 Å². The molecule has 0 bridgehead atoms. The molecule has 0 saturated carbocycles. The van der Waals surface area contributed by atoms with Crippen LogP contribution in [0.5, 0.6) is 5.75 Å². The molecule has 0 aromatic heterocycles. The molecule has 2 aromatic carbocycles. The predicted molar refractivity (Wildman–Crippen MR) is 72.5 cm³/mol. The molecule has 2 aromatic rings. The van der Waals surface area contributed by atoms with Gasteiger partial charge in [-0.2, -0.15) is 0 Å². The number of aromatic hydroxyl groups is 1. The van der Waals surface area contributed by atoms with Crippen LogP contribution < -0.4 is 0 Å². The number of methoxy groups -OCH3 is 1. The van der Waals surface area contributed by atoms with Crippen molar-refractivity contribution >= 4 is 21.9 Å². The van der Waals surface area contributed by atoms with Crippen LogP contribution in [-0.2, 0) is 4.74 Å². The van der Waals surface area contributed by atoms with Gasteiger partial charge in [-0.25, -0.2) is 9.18 Å². The van der Waals surface area contributed by atoms with Crippen molar-refractivity contribution in [3.05, 3.63) is 52.3 Å². The van der Waals surface area contributed by atoms with Gasteiger partial charge in [0.05, 0.1) is 17.1 Å². The molecule has 0 saturated heterocycles. The minimum atomic E-state index is -0.581. The summed E-state index contributed by atoms with van der Waals surface area (Å²) in [4.78, 5) is 11.8. The monoisotopic (exact) mass is 324 g/mol. The van der Waals surface area contributed by atoms with E-state index in [2.05, 4.69) is 15.9 Å². The standard InChI is InChI=1S/C14H10BrFO3/c1-19-14(18)12-10(6-7-11(17)13(12)15)8-2-4-9(16)5-3-8/h2-7,17H,1H3. The van der Waals surface area contributed by atoms with E-state index in [9.17, 15) is 14.3 Å². The second kappa shape index (κ2) is 5.40. The van der Waals surface area contributed by atoms with Gasteiger partial charge in [-0.1, -0.05) is 12.1 Å². The lowest BCUT2D eigenvalue weighted by atomic mass is 9.99. The van der Waals surface area contributed by atoms with Crippen molar-refractivity contribution in [2.45, 2.75) is 0 Å². The van der Waals surface area contributed by atoms with Crippen molar-refractivity contribution in [1.82, 2.24) is 0 Å². The number of carbonyl (C=O) groups is 1. The lowest BCUT2D eigenvalue weighted by Gasteiger charge is -2.11. The van der Waals surface area contributed by atoms with E-state index in [-0.39, 0.29) is 21.6 Å². The fraction of sp³-hybridized carbons (Fsp3) is 0.0714. The Bertz CT molecular complexity index is 623. The van der Waals surface area contributed by atoms with Gasteiger partial charge in [-0.3, -0.25) is 0 Å². The molecule has 2 rings (SSSR count). The van der Waals surface area contributed by atoms with E-state index in [0.29, 0.717) is 11.1 Å². The highest BCUT2D eigenvalue weighted by atomic mass is 79.9. The van der Waals surface area contributed by atoms with Crippen LogP contribution >= 0.6 is 15.9 Å². The molecule has 0 atom stereocenters. The van der Waals surface area contributed by atoms with E-state index >= 15 is 0 Å². The van der Waals surface area contributed by atoms with Gasteiger partial charge in [0.1, 0.15) is 11.6 Å². The Hall–Kier alpha value is -1.88. The molecule has 19 heavy (non-hydrogen) atoms. The topological polar surface area (TPSA) is 46.5 Å². The minimum Gasteiger partial charge on any atom is -0.507 e. The third kappa shape index (κ3) is 2.61. The van der Waals surface area contributed by atoms with Gasteiger partial charge in [0.25, 0.3) is 0 Å². The smallest absolute Gasteiger partial charge is 0.339 e. The summed E-state index contributed by atoms with van der Waals surface area (Å²) in [6.07, 6.45) is 0. The number of phenolic OH excluding ortho intramolecular Hbond substituents is 1. The quantitative estimate of drug-likeness (QED) is 0.856. The molecule has 3 nitrogen and oxygen atoms in total. The van der Waals surface area contributed by atoms with Crippen LogP contribution in [0.4, 0.5) is 4.39 Å². The van der Waals surface area contributed by atoms with E-state index in [0.717, 1.165) is 0 Å². The number of hydrogen-bond donors (Lipinski definition) is 1. The van der Waals surface area contributed by atoms with Crippen LogP contribution in [0, 0.1) is 5.82 Å². The Labute approximate surface area is 117 Å². The maximum absolute atomic E-state index is 12.9. The normalized spacial score (nSPS) is 10.3. The Morgan fingerprint density at radius 3 is 2.42 bits per heavy atom. The maximum atomic E-state index is 12.9. The molecule has 1 N–H and O–H groups in total. The SMILES string of the molecule is COC(=O)c1c(-c2ccc(F)cc2)ccc(O)c1Br. The van der Waals surface area contributed by atoms with Crippen LogP contribution in [0.3, 0.4) is 0 Å². The van der Waals surface area contributed by atoms with Crippen LogP contribution in [0.15, 0.2) is 40.9 Å². The summed E-state index contributed by atoms with van der Waals surface area (Å²) < 4.78 is 17.9. The molecule has 0 aliphatic heterocycles. The molecular weight excluding hydrogens is 315 g/mol. The van der Waals surface area contributed by atoms with Crippen molar-refractivity contribution in [3.63, 3.8) is 0 Å². The largest absolute Gasteiger partial charge is 0.507 e. The number of carbonyl (C=O) groups excluding carboxylic acids is 1. The van der Waals surface area contributed by atoms with Crippen molar-refractivity contribution in [3.8, 4) is 16.9 Å². The first kappa shape index (κ1) is 13.5. The van der Waals surface area contributed by atoms with Crippen molar-refractivity contribution in [2.75, 3.05) is 7.11 Å². The second-order valence-corrected chi connectivity index (χ2v) is 4.61. The van der Waals surface area contributed by atoms with Crippen molar-refractivity contribution in [1.29, 1.82) is 0 Å². The third-order valence-corrected chi connectivity index (χ3v) is 3.47. The maximum Gasteiger partial charge on any atom is 0.339 e. The zero-order chi connectivity index (χ0) is 14.0. The Balaban J connectivity index is 2.66. The molecule has 0 radical (unpaired) electrons.